The van der Waals surface area contributed by atoms with Crippen LogP contribution in [0.15, 0.2) is 174 Å². The molecule has 0 aliphatic heterocycles. The minimum Gasteiger partial charge on any atom is -0.455 e. The molecule has 0 atom stereocenters. The highest BCUT2D eigenvalue weighted by Gasteiger charge is 2.25. The zero-order valence-electron chi connectivity index (χ0n) is 45.8. The first-order chi connectivity index (χ1) is 31.9. The van der Waals surface area contributed by atoms with Gasteiger partial charge in [-0.05, 0) is 66.7 Å². The third-order valence-corrected chi connectivity index (χ3v) is 7.44. The Morgan fingerprint density at radius 1 is 0.400 bits per heavy atom. The maximum absolute atomic E-state index is 9.68. The van der Waals surface area contributed by atoms with Gasteiger partial charge in [0.25, 0.3) is 0 Å². The first-order valence-electron chi connectivity index (χ1n) is 25.1. The van der Waals surface area contributed by atoms with Gasteiger partial charge in [-0.25, -0.2) is 0 Å². The Morgan fingerprint density at radius 2 is 1.00 bits per heavy atom. The van der Waals surface area contributed by atoms with Gasteiger partial charge in [-0.1, -0.05) is 157 Å². The fourth-order valence-electron chi connectivity index (χ4n) is 5.57. The number of fused-ring (bicyclic) bond motifs is 4. The molecule has 0 amide bonds. The molecule has 0 spiro atoms. The minimum absolute atomic E-state index is 0.0858. The summed E-state index contributed by atoms with van der Waals surface area (Å²) in [4.78, 5) is 0. The summed E-state index contributed by atoms with van der Waals surface area (Å²) in [7, 11) is 0. The van der Waals surface area contributed by atoms with E-state index in [1.54, 1.807) is 30.3 Å². The highest BCUT2D eigenvalue weighted by Crippen LogP contribution is 2.50. The Morgan fingerprint density at radius 3 is 1.71 bits per heavy atom. The van der Waals surface area contributed by atoms with Crippen molar-refractivity contribution in [3.05, 3.63) is 169 Å². The maximum atomic E-state index is 9.68. The van der Waals surface area contributed by atoms with E-state index in [1.807, 2.05) is 0 Å². The number of benzene rings is 8. The smallest absolute Gasteiger partial charge is 0.143 e. The van der Waals surface area contributed by atoms with Crippen LogP contribution in [0, 0.1) is 0 Å². The van der Waals surface area contributed by atoms with E-state index >= 15 is 0 Å². The second-order valence-corrected chi connectivity index (χ2v) is 9.88. The number of hydrogen-bond donors (Lipinski definition) is 0. The van der Waals surface area contributed by atoms with Crippen LogP contribution in [0.25, 0.3) is 88.0 Å². The van der Waals surface area contributed by atoms with Crippen LogP contribution < -0.4 is 0 Å². The lowest BCUT2D eigenvalue weighted by Gasteiger charge is -2.18. The molecule has 1 nitrogen and oxygen atoms in total. The van der Waals surface area contributed by atoms with Gasteiger partial charge in [-0.3, -0.25) is 0 Å². The second kappa shape index (κ2) is 10.4. The van der Waals surface area contributed by atoms with Crippen molar-refractivity contribution in [1.29, 1.82) is 0 Å². The van der Waals surface area contributed by atoms with Crippen LogP contribution in [0.4, 0.5) is 0 Å². The van der Waals surface area contributed by atoms with E-state index in [2.05, 4.69) is 0 Å². The van der Waals surface area contributed by atoms with Gasteiger partial charge in [0.2, 0.25) is 0 Å². The van der Waals surface area contributed by atoms with Crippen molar-refractivity contribution in [2.24, 2.45) is 0 Å². The highest BCUT2D eigenvalue weighted by molar-refractivity contribution is 6.25. The molecular formula is C44H28O. The molecule has 0 N–H and O–H groups in total. The predicted octanol–water partition coefficient (Wildman–Crippen LogP) is 12.6. The average molecular weight is 596 g/mol. The van der Waals surface area contributed by atoms with E-state index in [9.17, 15) is 11.0 Å². The Kier molecular flexibility index (Phi) is 2.66. The summed E-state index contributed by atoms with van der Waals surface area (Å²) in [6.45, 7) is 0. The van der Waals surface area contributed by atoms with Gasteiger partial charge in [0.1, 0.15) is 11.3 Å². The molecule has 0 fully saturated rings. The highest BCUT2D eigenvalue weighted by atomic mass is 16.3. The summed E-state index contributed by atoms with van der Waals surface area (Å²) in [5, 5.41) is -3.39. The van der Waals surface area contributed by atoms with Crippen molar-refractivity contribution >= 4 is 43.3 Å². The topological polar surface area (TPSA) is 13.1 Å². The third kappa shape index (κ3) is 4.09. The van der Waals surface area contributed by atoms with Crippen molar-refractivity contribution in [2.75, 3.05) is 0 Å². The van der Waals surface area contributed by atoms with E-state index < -0.39 is 205 Å². The minimum atomic E-state index is -0.950. The molecule has 0 radical (unpaired) electrons. The molecule has 0 saturated carbocycles. The quantitative estimate of drug-likeness (QED) is 0.184. The van der Waals surface area contributed by atoms with E-state index in [0.29, 0.717) is 0 Å². The molecule has 8 aromatic carbocycles. The standard InChI is InChI=1S/C44H28O/c1-3-14-29(15-4-1)32-26-27-39-40(28-32)45-44(38-25-13-19-30-16-7-8-20-33(30)38)43(39)42-36-23-11-9-21-34(36)41(31-17-5-2-6-18-31)35-22-10-12-24-37(35)42/h1-28H/i1D,3D,4D,7D,8D,9D,10D,11D,12D,13D,14D,15D,16D,19D,20D,21D,22D,23D,24D,25D,26D,27D,28D. The number of rotatable bonds is 4. The van der Waals surface area contributed by atoms with Crippen molar-refractivity contribution in [3.63, 3.8) is 0 Å². The van der Waals surface area contributed by atoms with E-state index in [4.69, 9.17) is 25.0 Å². The number of hydrogen-bond acceptors (Lipinski definition) is 1. The molecule has 9 rings (SSSR count). The van der Waals surface area contributed by atoms with Crippen molar-refractivity contribution in [2.45, 2.75) is 0 Å². The Hall–Kier alpha value is -5.92. The second-order valence-electron chi connectivity index (χ2n) is 9.88. The van der Waals surface area contributed by atoms with Gasteiger partial charge in [0, 0.05) is 22.1 Å². The molecular weight excluding hydrogens is 544 g/mol. The summed E-state index contributed by atoms with van der Waals surface area (Å²) in [6, 6.07) is -11.4. The Bertz CT molecular complexity index is 3700. The molecule has 210 valence electrons. The predicted molar refractivity (Wildman–Crippen MR) is 190 cm³/mol. The van der Waals surface area contributed by atoms with Crippen LogP contribution in [0.5, 0.6) is 0 Å². The van der Waals surface area contributed by atoms with Crippen molar-refractivity contribution in [1.82, 2.24) is 0 Å². The lowest BCUT2D eigenvalue weighted by molar-refractivity contribution is 0.633. The molecule has 0 saturated heterocycles. The lowest BCUT2D eigenvalue weighted by atomic mass is 9.84. The van der Waals surface area contributed by atoms with Crippen LogP contribution in [0.3, 0.4) is 0 Å². The van der Waals surface area contributed by atoms with Crippen LogP contribution >= 0.6 is 0 Å². The summed E-state index contributed by atoms with van der Waals surface area (Å²) in [5.41, 5.74) is -3.86. The maximum Gasteiger partial charge on any atom is 0.143 e. The molecule has 1 heterocycles. The Balaban J connectivity index is 1.69. The van der Waals surface area contributed by atoms with E-state index in [1.165, 1.54) is 0 Å². The molecule has 9 aromatic rings. The average Bonchev–Trinajstić information content (AvgIpc) is 3.72. The summed E-state index contributed by atoms with van der Waals surface area (Å²) in [6.07, 6.45) is 0. The monoisotopic (exact) mass is 595 g/mol. The van der Waals surface area contributed by atoms with Crippen LogP contribution in [0.1, 0.15) is 31.5 Å². The fraction of sp³-hybridized carbons (Fsp3) is 0. The van der Waals surface area contributed by atoms with Crippen LogP contribution in [0.2, 0.25) is 0 Å². The zero-order chi connectivity index (χ0) is 49.8. The van der Waals surface area contributed by atoms with Crippen LogP contribution in [-0.2, 0) is 0 Å². The van der Waals surface area contributed by atoms with E-state index in [0.717, 1.165) is 0 Å². The number of furan rings is 1. The van der Waals surface area contributed by atoms with Gasteiger partial charge in [0.15, 0.2) is 0 Å². The van der Waals surface area contributed by atoms with Gasteiger partial charge in [-0.15, -0.1) is 0 Å². The zero-order valence-corrected chi connectivity index (χ0v) is 22.8. The molecule has 0 aliphatic rings. The summed E-state index contributed by atoms with van der Waals surface area (Å²) in [5.74, 6) is -0.775. The van der Waals surface area contributed by atoms with Gasteiger partial charge < -0.3 is 4.42 Å². The molecule has 0 unspecified atom stereocenters. The first kappa shape index (κ1) is 11.5. The summed E-state index contributed by atoms with van der Waals surface area (Å²) < 4.78 is 213. The van der Waals surface area contributed by atoms with Crippen molar-refractivity contribution in [3.8, 4) is 44.7 Å². The lowest BCUT2D eigenvalue weighted by Crippen LogP contribution is -1.91. The van der Waals surface area contributed by atoms with Gasteiger partial charge in [-0.2, -0.15) is 0 Å². The summed E-state index contributed by atoms with van der Waals surface area (Å²) >= 11 is 0. The molecule has 0 aliphatic carbocycles. The largest absolute Gasteiger partial charge is 0.455 e. The molecule has 1 heteroatoms. The van der Waals surface area contributed by atoms with Crippen LogP contribution in [-0.4, -0.2) is 0 Å². The fourth-order valence-corrected chi connectivity index (χ4v) is 5.57. The SMILES string of the molecule is [2H]c1c([2H])c([2H])c(-c2c([2H])c([2H])c3c(-c4c5c([2H])c([2H])c([2H])c([2H])c5c(-c5ccccc5)c5c([2H])c([2H])c([2H])c([2H])c45)c(-c4c([2H])c([2H])c([2H])c5c([2H])c([2H])c([2H])c([2H])c45)oc3c2[2H])c([2H])c1[2H]. The van der Waals surface area contributed by atoms with E-state index in [-0.39, 0.29) is 21.9 Å². The molecule has 45 heavy (non-hydrogen) atoms. The first-order valence-corrected chi connectivity index (χ1v) is 13.6. The molecule has 0 bridgehead atoms. The normalized spacial score (nSPS) is 18.7. The van der Waals surface area contributed by atoms with Gasteiger partial charge in [0.05, 0.1) is 31.5 Å². The van der Waals surface area contributed by atoms with Gasteiger partial charge >= 0.3 is 0 Å². The Labute approximate surface area is 293 Å². The molecule has 1 aromatic heterocycles. The third-order valence-electron chi connectivity index (χ3n) is 7.44. The van der Waals surface area contributed by atoms with Crippen molar-refractivity contribution < 1.29 is 35.9 Å².